The van der Waals surface area contributed by atoms with E-state index in [-0.39, 0.29) is 12.5 Å². The van der Waals surface area contributed by atoms with E-state index in [1.807, 2.05) is 0 Å². The lowest BCUT2D eigenvalue weighted by Gasteiger charge is -2.30. The second-order valence-electron chi connectivity index (χ2n) is 5.99. The van der Waals surface area contributed by atoms with E-state index < -0.39 is 5.97 Å². The predicted octanol–water partition coefficient (Wildman–Crippen LogP) is 0.905. The number of hydrogen-bond acceptors (Lipinski definition) is 6. The molecule has 8 heteroatoms. The molecule has 1 aliphatic rings. The number of benzene rings is 1. The molecular formula is C16H20N4O4. The Bertz CT molecular complexity index is 750. The molecule has 1 amide bonds. The lowest BCUT2D eigenvalue weighted by molar-refractivity contribution is -0.138. The highest BCUT2D eigenvalue weighted by Gasteiger charge is 2.21. The van der Waals surface area contributed by atoms with E-state index in [0.717, 1.165) is 25.9 Å². The van der Waals surface area contributed by atoms with Crippen LogP contribution in [0.2, 0.25) is 0 Å². The van der Waals surface area contributed by atoms with Crippen LogP contribution in [0.1, 0.15) is 30.1 Å². The maximum atomic E-state index is 12.2. The summed E-state index contributed by atoms with van der Waals surface area (Å²) in [5, 5.41) is 7.83. The fraction of sp³-hybridized carbons (Fsp3) is 0.500. The van der Waals surface area contributed by atoms with E-state index in [1.165, 1.54) is 12.0 Å². The monoisotopic (exact) mass is 332 g/mol. The van der Waals surface area contributed by atoms with E-state index in [2.05, 4.69) is 17.2 Å². The number of ether oxygens (including phenoxy) is 1. The molecule has 1 aromatic heterocycles. The number of nitrogens with zero attached hydrogens (tertiary/aromatic N) is 4. The average Bonchev–Trinajstić information content (AvgIpc) is 3.01. The Hall–Kier alpha value is -2.64. The Morgan fingerprint density at radius 1 is 1.29 bits per heavy atom. The zero-order valence-corrected chi connectivity index (χ0v) is 13.8. The van der Waals surface area contributed by atoms with Gasteiger partial charge in [0.25, 0.3) is 5.91 Å². The highest BCUT2D eigenvalue weighted by atomic mass is 16.7. The minimum absolute atomic E-state index is 0.0744. The van der Waals surface area contributed by atoms with Gasteiger partial charge in [-0.15, -0.1) is 5.10 Å². The van der Waals surface area contributed by atoms with Gasteiger partial charge in [0.2, 0.25) is 0 Å². The van der Waals surface area contributed by atoms with E-state index in [1.54, 1.807) is 23.1 Å². The van der Waals surface area contributed by atoms with Crippen LogP contribution >= 0.6 is 0 Å². The van der Waals surface area contributed by atoms with Gasteiger partial charge < -0.3 is 14.5 Å². The number of fused-ring (bicyclic) bond motifs is 1. The molecule has 0 unspecified atom stereocenters. The summed E-state index contributed by atoms with van der Waals surface area (Å²) in [6, 6.07) is 4.84. The van der Waals surface area contributed by atoms with E-state index >= 15 is 0 Å². The summed E-state index contributed by atoms with van der Waals surface area (Å²) in [5.41, 5.74) is 1.45. The SMILES string of the molecule is COC(=O)c1ccc2nnn(OCC(=O)N3CCC(C)CC3)c2c1. The molecule has 0 spiro atoms. The first kappa shape index (κ1) is 16.2. The Balaban J connectivity index is 1.68. The van der Waals surface area contributed by atoms with Gasteiger partial charge in [0.05, 0.1) is 12.7 Å². The number of carbonyl (C=O) groups is 2. The first-order valence-electron chi connectivity index (χ1n) is 7.93. The molecule has 0 N–H and O–H groups in total. The molecular weight excluding hydrogens is 312 g/mol. The van der Waals surface area contributed by atoms with E-state index in [0.29, 0.717) is 22.5 Å². The van der Waals surface area contributed by atoms with Gasteiger partial charge in [-0.25, -0.2) is 4.79 Å². The third kappa shape index (κ3) is 3.32. The van der Waals surface area contributed by atoms with Crippen molar-refractivity contribution < 1.29 is 19.2 Å². The number of likely N-dealkylation sites (tertiary alicyclic amines) is 1. The number of hydrogen-bond donors (Lipinski definition) is 0. The van der Waals surface area contributed by atoms with Gasteiger partial charge in [0.15, 0.2) is 6.61 Å². The van der Waals surface area contributed by atoms with Crippen molar-refractivity contribution in [3.63, 3.8) is 0 Å². The van der Waals surface area contributed by atoms with Crippen LogP contribution in [0.15, 0.2) is 18.2 Å². The van der Waals surface area contributed by atoms with E-state index in [4.69, 9.17) is 9.57 Å². The Morgan fingerprint density at radius 2 is 2.04 bits per heavy atom. The second kappa shape index (κ2) is 6.86. The van der Waals surface area contributed by atoms with Crippen LogP contribution in [0.4, 0.5) is 0 Å². The van der Waals surface area contributed by atoms with Gasteiger partial charge in [-0.1, -0.05) is 11.8 Å². The summed E-state index contributed by atoms with van der Waals surface area (Å²) in [6.07, 6.45) is 2.03. The van der Waals surface area contributed by atoms with Crippen molar-refractivity contribution in [1.29, 1.82) is 0 Å². The Morgan fingerprint density at radius 3 is 2.75 bits per heavy atom. The molecule has 1 saturated heterocycles. The van der Waals surface area contributed by atoms with Gasteiger partial charge in [0, 0.05) is 13.1 Å². The molecule has 1 fully saturated rings. The van der Waals surface area contributed by atoms with Crippen LogP contribution in [-0.4, -0.2) is 58.7 Å². The smallest absolute Gasteiger partial charge is 0.337 e. The maximum absolute atomic E-state index is 12.2. The van der Waals surface area contributed by atoms with Crippen molar-refractivity contribution in [3.8, 4) is 0 Å². The minimum Gasteiger partial charge on any atom is -0.465 e. The topological polar surface area (TPSA) is 86.5 Å². The third-order valence-electron chi connectivity index (χ3n) is 4.28. The van der Waals surface area contributed by atoms with Gasteiger partial charge >= 0.3 is 5.97 Å². The summed E-state index contributed by atoms with van der Waals surface area (Å²) < 4.78 is 4.70. The highest BCUT2D eigenvalue weighted by Crippen LogP contribution is 2.16. The van der Waals surface area contributed by atoms with Crippen LogP contribution in [0.3, 0.4) is 0 Å². The third-order valence-corrected chi connectivity index (χ3v) is 4.28. The summed E-state index contributed by atoms with van der Waals surface area (Å²) in [4.78, 5) is 32.3. The normalized spacial score (nSPS) is 15.5. The van der Waals surface area contributed by atoms with Crippen LogP contribution in [0, 0.1) is 5.92 Å². The predicted molar refractivity (Wildman–Crippen MR) is 85.3 cm³/mol. The van der Waals surface area contributed by atoms with Crippen LogP contribution < -0.4 is 4.84 Å². The molecule has 2 aromatic rings. The van der Waals surface area contributed by atoms with Gasteiger partial charge in [-0.2, -0.15) is 0 Å². The number of carbonyl (C=O) groups excluding carboxylic acids is 2. The highest BCUT2D eigenvalue weighted by molar-refractivity contribution is 5.93. The van der Waals surface area contributed by atoms with Crippen molar-refractivity contribution in [2.24, 2.45) is 5.92 Å². The first-order chi connectivity index (χ1) is 11.6. The summed E-state index contributed by atoms with van der Waals surface area (Å²) in [7, 11) is 1.32. The maximum Gasteiger partial charge on any atom is 0.337 e. The Kier molecular flexibility index (Phi) is 4.64. The minimum atomic E-state index is -0.455. The fourth-order valence-corrected chi connectivity index (χ4v) is 2.70. The molecule has 3 rings (SSSR count). The summed E-state index contributed by atoms with van der Waals surface area (Å²) >= 11 is 0. The molecule has 1 aromatic carbocycles. The van der Waals surface area contributed by atoms with Crippen molar-refractivity contribution >= 4 is 22.9 Å². The van der Waals surface area contributed by atoms with Crippen molar-refractivity contribution in [3.05, 3.63) is 23.8 Å². The average molecular weight is 332 g/mol. The number of esters is 1. The largest absolute Gasteiger partial charge is 0.465 e. The van der Waals surface area contributed by atoms with Gasteiger partial charge in [-0.05, 0) is 42.2 Å². The lowest BCUT2D eigenvalue weighted by atomic mass is 9.99. The standard InChI is InChI=1S/C16H20N4O4/c1-11-5-7-19(8-6-11)15(21)10-24-20-14-9-12(16(22)23-2)3-4-13(14)17-18-20/h3-4,9,11H,5-8,10H2,1-2H3. The molecule has 24 heavy (non-hydrogen) atoms. The van der Waals surface area contributed by atoms with Crippen LogP contribution in [0.25, 0.3) is 11.0 Å². The molecule has 1 aliphatic heterocycles. The quantitative estimate of drug-likeness (QED) is 0.773. The second-order valence-corrected chi connectivity index (χ2v) is 5.99. The molecule has 0 saturated carbocycles. The molecule has 0 aliphatic carbocycles. The van der Waals surface area contributed by atoms with Crippen molar-refractivity contribution in [2.75, 3.05) is 26.8 Å². The molecule has 0 radical (unpaired) electrons. The number of aromatic nitrogens is 3. The molecule has 0 atom stereocenters. The van der Waals surface area contributed by atoms with Crippen LogP contribution in [0.5, 0.6) is 0 Å². The first-order valence-corrected chi connectivity index (χ1v) is 7.93. The number of rotatable bonds is 4. The molecule has 128 valence electrons. The fourth-order valence-electron chi connectivity index (χ4n) is 2.70. The van der Waals surface area contributed by atoms with Gasteiger partial charge in [-0.3, -0.25) is 4.79 Å². The zero-order chi connectivity index (χ0) is 17.1. The summed E-state index contributed by atoms with van der Waals surface area (Å²) in [5.74, 6) is 0.129. The number of amides is 1. The summed E-state index contributed by atoms with van der Waals surface area (Å²) in [6.45, 7) is 3.59. The van der Waals surface area contributed by atoms with Crippen LogP contribution in [-0.2, 0) is 9.53 Å². The van der Waals surface area contributed by atoms with Crippen molar-refractivity contribution in [1.82, 2.24) is 20.1 Å². The molecule has 0 bridgehead atoms. The molecule has 8 nitrogen and oxygen atoms in total. The van der Waals surface area contributed by atoms with Crippen molar-refractivity contribution in [2.45, 2.75) is 19.8 Å². The number of piperidine rings is 1. The lowest BCUT2D eigenvalue weighted by Crippen LogP contribution is -2.41. The van der Waals surface area contributed by atoms with E-state index in [9.17, 15) is 9.59 Å². The molecule has 2 heterocycles. The number of methoxy groups -OCH3 is 1. The van der Waals surface area contributed by atoms with Gasteiger partial charge in [0.1, 0.15) is 11.0 Å². The Labute approximate surface area is 139 Å². The zero-order valence-electron chi connectivity index (χ0n) is 13.8.